The van der Waals surface area contributed by atoms with Gasteiger partial charge in [0.2, 0.25) is 0 Å². The van der Waals surface area contributed by atoms with Crippen LogP contribution in [0.1, 0.15) is 162 Å². The number of carbonyl (C=O) groups is 2. The molecule has 3 atom stereocenters. The first-order valence-electron chi connectivity index (χ1n) is 17.5. The summed E-state index contributed by atoms with van der Waals surface area (Å²) in [4.78, 5) is 34.5. The zero-order chi connectivity index (χ0) is 32.7. The Morgan fingerprint density at radius 1 is 0.591 bits per heavy atom. The summed E-state index contributed by atoms with van der Waals surface area (Å²) >= 11 is 0. The number of esters is 2. The van der Waals surface area contributed by atoms with Crippen molar-refractivity contribution in [3.8, 4) is 0 Å². The van der Waals surface area contributed by atoms with Gasteiger partial charge >= 0.3 is 19.8 Å². The topological polar surface area (TPSA) is 149 Å². The van der Waals surface area contributed by atoms with Crippen molar-refractivity contribution in [1.82, 2.24) is 0 Å². The lowest BCUT2D eigenvalue weighted by Crippen LogP contribution is -2.29. The van der Waals surface area contributed by atoms with Crippen LogP contribution in [0, 0.1) is 0 Å². The van der Waals surface area contributed by atoms with E-state index in [1.807, 2.05) is 0 Å². The van der Waals surface area contributed by atoms with Crippen LogP contribution in [0.5, 0.6) is 0 Å². The predicted molar refractivity (Wildman–Crippen MR) is 173 cm³/mol. The number of hydrogen-bond acceptors (Lipinski definition) is 9. The molecule has 0 aliphatic heterocycles. The SMILES string of the molecule is CCCCCCCCCCCCCCCCC(=O)O[C@H](COC(=O)CCCCCCCCC)COP(=O)(O)OC[C@@H](O)CO. The van der Waals surface area contributed by atoms with Crippen molar-refractivity contribution in [3.05, 3.63) is 0 Å². The second kappa shape index (κ2) is 30.6. The van der Waals surface area contributed by atoms with E-state index in [1.165, 1.54) is 83.5 Å². The number of aliphatic hydroxyl groups is 2. The summed E-state index contributed by atoms with van der Waals surface area (Å²) in [5.74, 6) is -0.925. The third-order valence-electron chi connectivity index (χ3n) is 7.51. The fraction of sp³-hybridized carbons (Fsp3) is 0.939. The van der Waals surface area contributed by atoms with Gasteiger partial charge in [0.15, 0.2) is 6.10 Å². The molecule has 1 unspecified atom stereocenters. The van der Waals surface area contributed by atoms with Crippen LogP contribution in [-0.2, 0) is 32.7 Å². The summed E-state index contributed by atoms with van der Waals surface area (Å²) in [6.45, 7) is 2.32. The first-order chi connectivity index (χ1) is 21.2. The van der Waals surface area contributed by atoms with Gasteiger partial charge in [0.25, 0.3) is 0 Å². The van der Waals surface area contributed by atoms with Crippen molar-refractivity contribution in [1.29, 1.82) is 0 Å². The maximum Gasteiger partial charge on any atom is 0.472 e. The van der Waals surface area contributed by atoms with E-state index in [0.29, 0.717) is 12.8 Å². The van der Waals surface area contributed by atoms with Crippen LogP contribution >= 0.6 is 7.82 Å². The Bertz CT molecular complexity index is 721. The van der Waals surface area contributed by atoms with Gasteiger partial charge in [0.1, 0.15) is 12.7 Å². The molecule has 0 rings (SSSR count). The number of rotatable bonds is 33. The average Bonchev–Trinajstić information content (AvgIpc) is 3.00. The second-order valence-corrected chi connectivity index (χ2v) is 13.4. The molecule has 0 aromatic rings. The minimum absolute atomic E-state index is 0.191. The van der Waals surface area contributed by atoms with Crippen molar-refractivity contribution in [2.24, 2.45) is 0 Å². The summed E-state index contributed by atoms with van der Waals surface area (Å²) in [5, 5.41) is 18.2. The molecule has 0 radical (unpaired) electrons. The molecule has 0 aliphatic rings. The number of unbranched alkanes of at least 4 members (excludes halogenated alkanes) is 19. The number of phosphoric acid groups is 1. The molecule has 3 N–H and O–H groups in total. The zero-order valence-corrected chi connectivity index (χ0v) is 28.8. The molecule has 0 fully saturated rings. The van der Waals surface area contributed by atoms with Crippen molar-refractivity contribution >= 4 is 19.8 Å². The van der Waals surface area contributed by atoms with Crippen LogP contribution in [0.15, 0.2) is 0 Å². The molecule has 44 heavy (non-hydrogen) atoms. The molecular formula is C33H65O10P. The summed E-state index contributed by atoms with van der Waals surface area (Å²) in [6.07, 6.45) is 22.4. The largest absolute Gasteiger partial charge is 0.472 e. The van der Waals surface area contributed by atoms with Gasteiger partial charge in [-0.15, -0.1) is 0 Å². The minimum Gasteiger partial charge on any atom is -0.462 e. The van der Waals surface area contributed by atoms with Gasteiger partial charge in [-0.05, 0) is 12.8 Å². The van der Waals surface area contributed by atoms with Crippen molar-refractivity contribution in [2.75, 3.05) is 26.4 Å². The molecule has 10 nitrogen and oxygen atoms in total. The van der Waals surface area contributed by atoms with Gasteiger partial charge in [-0.3, -0.25) is 18.6 Å². The average molecular weight is 653 g/mol. The van der Waals surface area contributed by atoms with Gasteiger partial charge in [-0.25, -0.2) is 4.57 Å². The normalized spacial score (nSPS) is 14.2. The molecule has 0 aromatic carbocycles. The molecule has 0 bridgehead atoms. The van der Waals surface area contributed by atoms with Crippen molar-refractivity contribution < 1.29 is 47.8 Å². The van der Waals surface area contributed by atoms with E-state index in [2.05, 4.69) is 18.4 Å². The standard InChI is InChI=1S/C33H65O10P/c1-3-5-7-9-11-12-13-14-15-16-17-19-21-23-25-33(37)43-31(29-42-44(38,39)41-27-30(35)26-34)28-40-32(36)24-22-20-18-10-8-6-4-2/h30-31,34-35H,3-29H2,1-2H3,(H,38,39)/t30-,31+/m0/s1. The van der Waals surface area contributed by atoms with Crippen LogP contribution < -0.4 is 0 Å². The Kier molecular flexibility index (Phi) is 29.9. The highest BCUT2D eigenvalue weighted by molar-refractivity contribution is 7.47. The van der Waals surface area contributed by atoms with Crippen LogP contribution in [-0.4, -0.2) is 65.7 Å². The van der Waals surface area contributed by atoms with Crippen LogP contribution in [0.25, 0.3) is 0 Å². The van der Waals surface area contributed by atoms with Gasteiger partial charge in [-0.1, -0.05) is 136 Å². The lowest BCUT2D eigenvalue weighted by Gasteiger charge is -2.20. The molecular weight excluding hydrogens is 587 g/mol. The van der Waals surface area contributed by atoms with E-state index in [-0.39, 0.29) is 19.4 Å². The molecule has 0 amide bonds. The fourth-order valence-electron chi connectivity index (χ4n) is 4.76. The molecule has 0 aromatic heterocycles. The lowest BCUT2D eigenvalue weighted by atomic mass is 10.0. The summed E-state index contributed by atoms with van der Waals surface area (Å²) in [7, 11) is -4.59. The Morgan fingerprint density at radius 2 is 0.977 bits per heavy atom. The molecule has 0 saturated carbocycles. The Labute approximate surface area is 267 Å². The highest BCUT2D eigenvalue weighted by Gasteiger charge is 2.27. The van der Waals surface area contributed by atoms with Crippen LogP contribution in [0.3, 0.4) is 0 Å². The van der Waals surface area contributed by atoms with Crippen LogP contribution in [0.2, 0.25) is 0 Å². The van der Waals surface area contributed by atoms with Gasteiger partial charge in [-0.2, -0.15) is 0 Å². The molecule has 11 heteroatoms. The Morgan fingerprint density at radius 3 is 1.41 bits per heavy atom. The quantitative estimate of drug-likeness (QED) is 0.0362. The molecule has 262 valence electrons. The third-order valence-corrected chi connectivity index (χ3v) is 8.46. The Hall–Kier alpha value is -1.03. The van der Waals surface area contributed by atoms with Crippen molar-refractivity contribution in [3.63, 3.8) is 0 Å². The van der Waals surface area contributed by atoms with Gasteiger partial charge in [0.05, 0.1) is 19.8 Å². The zero-order valence-electron chi connectivity index (χ0n) is 27.9. The third kappa shape index (κ3) is 29.7. The van der Waals surface area contributed by atoms with E-state index < -0.39 is 51.8 Å². The van der Waals surface area contributed by atoms with E-state index in [9.17, 15) is 24.2 Å². The summed E-state index contributed by atoms with van der Waals surface area (Å²) in [6, 6.07) is 0. The first kappa shape index (κ1) is 43.0. The number of carbonyl (C=O) groups excluding carboxylic acids is 2. The highest BCUT2D eigenvalue weighted by Crippen LogP contribution is 2.43. The van der Waals surface area contributed by atoms with Gasteiger partial charge < -0.3 is 24.6 Å². The predicted octanol–water partition coefficient (Wildman–Crippen LogP) is 7.94. The van der Waals surface area contributed by atoms with E-state index in [1.54, 1.807) is 0 Å². The molecule has 0 spiro atoms. The molecule has 0 aliphatic carbocycles. The monoisotopic (exact) mass is 652 g/mol. The maximum absolute atomic E-state index is 12.5. The smallest absolute Gasteiger partial charge is 0.462 e. The maximum atomic E-state index is 12.5. The van der Waals surface area contributed by atoms with E-state index in [4.69, 9.17) is 19.1 Å². The lowest BCUT2D eigenvalue weighted by molar-refractivity contribution is -0.161. The second-order valence-electron chi connectivity index (χ2n) is 11.9. The minimum atomic E-state index is -4.59. The number of phosphoric ester groups is 1. The van der Waals surface area contributed by atoms with E-state index in [0.717, 1.165) is 38.5 Å². The number of hydrogen-bond donors (Lipinski definition) is 3. The molecule has 0 saturated heterocycles. The fourth-order valence-corrected chi connectivity index (χ4v) is 5.55. The summed E-state index contributed by atoms with van der Waals surface area (Å²) in [5.41, 5.74) is 0. The number of ether oxygens (including phenoxy) is 2. The van der Waals surface area contributed by atoms with E-state index >= 15 is 0 Å². The van der Waals surface area contributed by atoms with Gasteiger partial charge in [0, 0.05) is 12.8 Å². The number of aliphatic hydroxyl groups excluding tert-OH is 2. The highest BCUT2D eigenvalue weighted by atomic mass is 31.2. The van der Waals surface area contributed by atoms with Crippen molar-refractivity contribution in [2.45, 2.75) is 174 Å². The first-order valence-corrected chi connectivity index (χ1v) is 19.0. The van der Waals surface area contributed by atoms with Crippen LogP contribution in [0.4, 0.5) is 0 Å². The Balaban J connectivity index is 4.34. The molecule has 0 heterocycles. The summed E-state index contributed by atoms with van der Waals surface area (Å²) < 4.78 is 32.4.